The highest BCUT2D eigenvalue weighted by Crippen LogP contribution is 2.40. The Balaban J connectivity index is 2.86. The van der Waals surface area contributed by atoms with Gasteiger partial charge >= 0.3 is 0 Å². The van der Waals surface area contributed by atoms with E-state index in [4.69, 9.17) is 10.5 Å². The number of amides is 1. The number of carbonyl (C=O) groups excluding carboxylic acids is 1. The number of methoxy groups -OCH3 is 1. The lowest BCUT2D eigenvalue weighted by atomic mass is 9.86. The molecule has 1 atom stereocenters. The molecular formula is C20H22F2N2O2. The summed E-state index contributed by atoms with van der Waals surface area (Å²) in [5, 5.41) is 2.83. The Hall–Kier alpha value is -2.89. The molecular weight excluding hydrogens is 338 g/mol. The Kier molecular flexibility index (Phi) is 5.97. The molecule has 0 fully saturated rings. The summed E-state index contributed by atoms with van der Waals surface area (Å²) in [5.74, 6) is -2.17. The molecule has 138 valence electrons. The first kappa shape index (κ1) is 19.4. The summed E-state index contributed by atoms with van der Waals surface area (Å²) in [7, 11) is 1.37. The van der Waals surface area contributed by atoms with Crippen molar-refractivity contribution in [1.29, 1.82) is 0 Å². The molecule has 0 aliphatic heterocycles. The molecule has 6 heteroatoms. The van der Waals surface area contributed by atoms with Gasteiger partial charge in [0.15, 0.2) is 11.6 Å². The van der Waals surface area contributed by atoms with E-state index < -0.39 is 17.5 Å². The summed E-state index contributed by atoms with van der Waals surface area (Å²) in [4.78, 5) is 11.8. The predicted octanol–water partition coefficient (Wildman–Crippen LogP) is 4.81. The normalized spacial score (nSPS) is 11.7. The molecule has 1 amide bonds. The van der Waals surface area contributed by atoms with Gasteiger partial charge in [-0.25, -0.2) is 8.78 Å². The van der Waals surface area contributed by atoms with E-state index in [-0.39, 0.29) is 22.9 Å². The lowest BCUT2D eigenvalue weighted by molar-refractivity contribution is 0.0997. The minimum Gasteiger partial charge on any atom is -0.494 e. The topological polar surface area (TPSA) is 64.3 Å². The van der Waals surface area contributed by atoms with Gasteiger partial charge in [0.1, 0.15) is 5.82 Å². The van der Waals surface area contributed by atoms with Gasteiger partial charge in [0.05, 0.1) is 18.4 Å². The highest BCUT2D eigenvalue weighted by molar-refractivity contribution is 6.01. The van der Waals surface area contributed by atoms with Crippen LogP contribution in [-0.2, 0) is 0 Å². The van der Waals surface area contributed by atoms with E-state index in [1.165, 1.54) is 31.5 Å². The van der Waals surface area contributed by atoms with Crippen LogP contribution in [0.2, 0.25) is 0 Å². The number of ether oxygens (including phenoxy) is 1. The summed E-state index contributed by atoms with van der Waals surface area (Å²) in [6.07, 6.45) is 2.08. The number of hydrogen-bond donors (Lipinski definition) is 2. The van der Waals surface area contributed by atoms with Gasteiger partial charge in [-0.1, -0.05) is 26.5 Å². The number of nitrogens with one attached hydrogen (secondary N) is 1. The van der Waals surface area contributed by atoms with E-state index in [0.29, 0.717) is 16.7 Å². The molecule has 3 N–H and O–H groups in total. The van der Waals surface area contributed by atoms with Crippen LogP contribution in [0.1, 0.15) is 42.1 Å². The maximum atomic E-state index is 14.7. The average molecular weight is 360 g/mol. The second-order valence-corrected chi connectivity index (χ2v) is 5.94. The van der Waals surface area contributed by atoms with E-state index >= 15 is 0 Å². The van der Waals surface area contributed by atoms with E-state index in [0.717, 1.165) is 6.42 Å². The first-order valence-electron chi connectivity index (χ1n) is 8.23. The molecule has 0 radical (unpaired) electrons. The average Bonchev–Trinajstić information content (AvgIpc) is 2.60. The highest BCUT2D eigenvalue weighted by Gasteiger charge is 2.25. The molecule has 0 heterocycles. The summed E-state index contributed by atoms with van der Waals surface area (Å²) in [6, 6.07) is 5.62. The number of hydrogen-bond acceptors (Lipinski definition) is 3. The van der Waals surface area contributed by atoms with Crippen LogP contribution >= 0.6 is 0 Å². The molecule has 0 saturated heterocycles. The Morgan fingerprint density at radius 1 is 1.35 bits per heavy atom. The fraction of sp³-hybridized carbons (Fsp3) is 0.250. The Morgan fingerprint density at radius 3 is 2.54 bits per heavy atom. The van der Waals surface area contributed by atoms with E-state index in [1.54, 1.807) is 6.07 Å². The van der Waals surface area contributed by atoms with Crippen LogP contribution in [-0.4, -0.2) is 13.0 Å². The molecule has 0 aliphatic rings. The summed E-state index contributed by atoms with van der Waals surface area (Å²) < 4.78 is 33.8. The summed E-state index contributed by atoms with van der Waals surface area (Å²) in [6.45, 7) is 7.50. The number of benzene rings is 2. The molecule has 1 unspecified atom stereocenters. The van der Waals surface area contributed by atoms with Crippen molar-refractivity contribution in [3.05, 3.63) is 59.8 Å². The third kappa shape index (κ3) is 3.54. The second kappa shape index (κ2) is 7.99. The monoisotopic (exact) mass is 360 g/mol. The van der Waals surface area contributed by atoms with Gasteiger partial charge in [-0.2, -0.15) is 0 Å². The summed E-state index contributed by atoms with van der Waals surface area (Å²) >= 11 is 0. The third-order valence-electron chi connectivity index (χ3n) is 4.38. The Morgan fingerprint density at radius 2 is 2.04 bits per heavy atom. The van der Waals surface area contributed by atoms with Crippen LogP contribution in [0.5, 0.6) is 5.75 Å². The Labute approximate surface area is 151 Å². The van der Waals surface area contributed by atoms with Crippen molar-refractivity contribution < 1.29 is 18.3 Å². The van der Waals surface area contributed by atoms with Gasteiger partial charge in [0.2, 0.25) is 0 Å². The molecule has 0 aliphatic carbocycles. The van der Waals surface area contributed by atoms with Gasteiger partial charge in [0.25, 0.3) is 5.91 Å². The zero-order valence-electron chi connectivity index (χ0n) is 15.0. The molecule has 26 heavy (non-hydrogen) atoms. The van der Waals surface area contributed by atoms with Crippen molar-refractivity contribution in [3.8, 4) is 16.9 Å². The van der Waals surface area contributed by atoms with Crippen molar-refractivity contribution in [2.45, 2.75) is 26.2 Å². The zero-order chi connectivity index (χ0) is 19.4. The number of rotatable bonds is 7. The maximum absolute atomic E-state index is 14.7. The summed E-state index contributed by atoms with van der Waals surface area (Å²) in [5.41, 5.74) is 7.02. The van der Waals surface area contributed by atoms with Crippen molar-refractivity contribution >= 4 is 11.6 Å². The van der Waals surface area contributed by atoms with Gasteiger partial charge < -0.3 is 15.8 Å². The fourth-order valence-electron chi connectivity index (χ4n) is 2.95. The van der Waals surface area contributed by atoms with Crippen LogP contribution in [0, 0.1) is 11.6 Å². The molecule has 2 aromatic carbocycles. The van der Waals surface area contributed by atoms with Crippen molar-refractivity contribution in [2.24, 2.45) is 5.73 Å². The number of halogens is 2. The largest absolute Gasteiger partial charge is 0.494 e. The van der Waals surface area contributed by atoms with Crippen LogP contribution in [0.15, 0.2) is 37.0 Å². The van der Waals surface area contributed by atoms with Crippen LogP contribution < -0.4 is 15.8 Å². The lowest BCUT2D eigenvalue weighted by Crippen LogP contribution is -2.18. The van der Waals surface area contributed by atoms with Crippen LogP contribution in [0.3, 0.4) is 0 Å². The number of carbonyl (C=O) groups is 1. The van der Waals surface area contributed by atoms with Gasteiger partial charge in [-0.3, -0.25) is 4.79 Å². The van der Waals surface area contributed by atoms with E-state index in [1.807, 2.05) is 13.8 Å². The van der Waals surface area contributed by atoms with Crippen LogP contribution in [0.25, 0.3) is 11.1 Å². The van der Waals surface area contributed by atoms with Gasteiger partial charge in [0, 0.05) is 0 Å². The third-order valence-corrected chi connectivity index (χ3v) is 4.38. The molecule has 2 rings (SSSR count). The first-order valence-corrected chi connectivity index (χ1v) is 8.23. The standard InChI is InChI=1S/C20H22F2N2O2/c1-5-11(3)17-13(12-7-8-16(26-4)14(21)9-12)10-15(22)18(20(23)25)19(17)24-6-2/h6-11,24H,2,5H2,1,3-4H3,(H2,23,25). The number of nitrogens with two attached hydrogens (primary N) is 1. The molecule has 2 aromatic rings. The smallest absolute Gasteiger partial charge is 0.253 e. The predicted molar refractivity (Wildman–Crippen MR) is 99.4 cm³/mol. The van der Waals surface area contributed by atoms with Crippen molar-refractivity contribution in [2.75, 3.05) is 12.4 Å². The lowest BCUT2D eigenvalue weighted by Gasteiger charge is -2.23. The van der Waals surface area contributed by atoms with E-state index in [9.17, 15) is 13.6 Å². The van der Waals surface area contributed by atoms with Crippen molar-refractivity contribution in [3.63, 3.8) is 0 Å². The Bertz CT molecular complexity index is 850. The molecule has 0 aromatic heterocycles. The second-order valence-electron chi connectivity index (χ2n) is 5.94. The molecule has 0 saturated carbocycles. The van der Waals surface area contributed by atoms with Gasteiger partial charge in [-0.15, -0.1) is 0 Å². The molecule has 4 nitrogen and oxygen atoms in total. The zero-order valence-corrected chi connectivity index (χ0v) is 15.0. The maximum Gasteiger partial charge on any atom is 0.253 e. The quantitative estimate of drug-likeness (QED) is 0.745. The number of anilines is 1. The molecule has 0 bridgehead atoms. The minimum absolute atomic E-state index is 0.0451. The highest BCUT2D eigenvalue weighted by atomic mass is 19.1. The van der Waals surface area contributed by atoms with Crippen LogP contribution in [0.4, 0.5) is 14.5 Å². The first-order chi connectivity index (χ1) is 12.3. The SMILES string of the molecule is C=CNc1c(C(N)=O)c(F)cc(-c2ccc(OC)c(F)c2)c1C(C)CC. The van der Waals surface area contributed by atoms with Crippen molar-refractivity contribution in [1.82, 2.24) is 0 Å². The number of primary amides is 1. The fourth-order valence-corrected chi connectivity index (χ4v) is 2.95. The molecule has 0 spiro atoms. The van der Waals surface area contributed by atoms with Gasteiger partial charge in [-0.05, 0) is 53.4 Å². The minimum atomic E-state index is -0.885. The van der Waals surface area contributed by atoms with E-state index in [2.05, 4.69) is 11.9 Å².